The van der Waals surface area contributed by atoms with Gasteiger partial charge in [-0.25, -0.2) is 4.79 Å². The number of carboxylic acids is 1. The van der Waals surface area contributed by atoms with Crippen molar-refractivity contribution in [2.24, 2.45) is 11.8 Å². The van der Waals surface area contributed by atoms with Crippen LogP contribution in [0.1, 0.15) is 49.4 Å². The molecule has 0 aliphatic heterocycles. The van der Waals surface area contributed by atoms with E-state index >= 15 is 0 Å². The van der Waals surface area contributed by atoms with Gasteiger partial charge in [0.25, 0.3) is 0 Å². The number of rotatable bonds is 4. The lowest BCUT2D eigenvalue weighted by Crippen LogP contribution is -2.26. The fraction of sp³-hybridized carbons (Fsp3) is 0.643. The van der Waals surface area contributed by atoms with Gasteiger partial charge in [-0.05, 0) is 43.2 Å². The Hall–Kier alpha value is -1.29. The summed E-state index contributed by atoms with van der Waals surface area (Å²) in [5.74, 6) is 0.910. The molecule has 0 radical (unpaired) electrons. The fourth-order valence-electron chi connectivity index (χ4n) is 2.78. The van der Waals surface area contributed by atoms with E-state index < -0.39 is 5.97 Å². The van der Waals surface area contributed by atoms with Crippen LogP contribution >= 0.6 is 0 Å². The molecule has 1 aromatic rings. The van der Waals surface area contributed by atoms with E-state index in [4.69, 9.17) is 14.3 Å². The predicted molar refractivity (Wildman–Crippen MR) is 66.4 cm³/mol. The highest BCUT2D eigenvalue weighted by Crippen LogP contribution is 2.30. The minimum atomic E-state index is -1.04. The highest BCUT2D eigenvalue weighted by Gasteiger charge is 2.24. The average Bonchev–Trinajstić information content (AvgIpc) is 2.73. The molecule has 0 spiro atoms. The molecule has 2 unspecified atom stereocenters. The maximum Gasteiger partial charge on any atom is 0.371 e. The van der Waals surface area contributed by atoms with Crippen molar-refractivity contribution in [3.8, 4) is 0 Å². The van der Waals surface area contributed by atoms with Crippen molar-refractivity contribution >= 4 is 5.97 Å². The van der Waals surface area contributed by atoms with Gasteiger partial charge in [-0.15, -0.1) is 0 Å². The van der Waals surface area contributed by atoms with Gasteiger partial charge in [0.2, 0.25) is 5.76 Å². The fourth-order valence-corrected chi connectivity index (χ4v) is 2.78. The smallest absolute Gasteiger partial charge is 0.371 e. The van der Waals surface area contributed by atoms with Gasteiger partial charge < -0.3 is 14.3 Å². The third kappa shape index (κ3) is 3.35. The van der Waals surface area contributed by atoms with Crippen molar-refractivity contribution in [3.63, 3.8) is 0 Å². The van der Waals surface area contributed by atoms with E-state index in [1.165, 1.54) is 12.5 Å². The van der Waals surface area contributed by atoms with Crippen molar-refractivity contribution < 1.29 is 19.1 Å². The molecule has 100 valence electrons. The van der Waals surface area contributed by atoms with Gasteiger partial charge in [-0.1, -0.05) is 13.8 Å². The Kier molecular flexibility index (Phi) is 4.07. The summed E-state index contributed by atoms with van der Waals surface area (Å²) in [6.07, 6.45) is 3.69. The Labute approximate surface area is 107 Å². The molecule has 4 heteroatoms. The van der Waals surface area contributed by atoms with Gasteiger partial charge in [0.05, 0.1) is 6.10 Å². The zero-order valence-electron chi connectivity index (χ0n) is 10.9. The maximum atomic E-state index is 10.7. The SMILES string of the molecule is CC1CC(C)CC(OCc2ccc(C(=O)O)o2)C1. The van der Waals surface area contributed by atoms with Crippen LogP contribution in [-0.4, -0.2) is 17.2 Å². The molecular weight excluding hydrogens is 232 g/mol. The lowest BCUT2D eigenvalue weighted by molar-refractivity contribution is -0.0160. The Balaban J connectivity index is 1.85. The number of aromatic carboxylic acids is 1. The highest BCUT2D eigenvalue weighted by atomic mass is 16.5. The van der Waals surface area contributed by atoms with Crippen LogP contribution in [0, 0.1) is 11.8 Å². The molecule has 1 heterocycles. The standard InChI is InChI=1S/C14H20O4/c1-9-5-10(2)7-12(6-9)17-8-11-3-4-13(18-11)14(15)16/h3-4,9-10,12H,5-8H2,1-2H3,(H,15,16). The summed E-state index contributed by atoms with van der Waals surface area (Å²) in [7, 11) is 0. The van der Waals surface area contributed by atoms with Crippen LogP contribution in [0.3, 0.4) is 0 Å². The molecule has 1 saturated carbocycles. The molecular formula is C14H20O4. The molecule has 1 N–H and O–H groups in total. The van der Waals surface area contributed by atoms with Crippen molar-refractivity contribution in [3.05, 3.63) is 23.7 Å². The number of ether oxygens (including phenoxy) is 1. The van der Waals surface area contributed by atoms with Gasteiger partial charge in [0, 0.05) is 0 Å². The molecule has 1 aliphatic carbocycles. The third-order valence-electron chi connectivity index (χ3n) is 3.47. The van der Waals surface area contributed by atoms with Crippen LogP contribution in [-0.2, 0) is 11.3 Å². The van der Waals surface area contributed by atoms with E-state index in [0.717, 1.165) is 12.8 Å². The summed E-state index contributed by atoms with van der Waals surface area (Å²) in [6, 6.07) is 3.13. The van der Waals surface area contributed by atoms with E-state index in [-0.39, 0.29) is 11.9 Å². The van der Waals surface area contributed by atoms with Crippen LogP contribution in [0.2, 0.25) is 0 Å². The molecule has 0 saturated heterocycles. The average molecular weight is 252 g/mol. The maximum absolute atomic E-state index is 10.7. The summed E-state index contributed by atoms with van der Waals surface area (Å²) in [4.78, 5) is 10.7. The van der Waals surface area contributed by atoms with Crippen LogP contribution in [0.15, 0.2) is 16.5 Å². The minimum Gasteiger partial charge on any atom is -0.475 e. The van der Waals surface area contributed by atoms with Crippen molar-refractivity contribution in [1.82, 2.24) is 0 Å². The van der Waals surface area contributed by atoms with E-state index in [9.17, 15) is 4.79 Å². The quantitative estimate of drug-likeness (QED) is 0.893. The minimum absolute atomic E-state index is 0.0287. The zero-order chi connectivity index (χ0) is 13.1. The Morgan fingerprint density at radius 3 is 2.56 bits per heavy atom. The predicted octanol–water partition coefficient (Wildman–Crippen LogP) is 3.32. The Morgan fingerprint density at radius 1 is 1.33 bits per heavy atom. The summed E-state index contributed by atoms with van der Waals surface area (Å²) in [5.41, 5.74) is 0. The van der Waals surface area contributed by atoms with E-state index in [1.54, 1.807) is 6.07 Å². The molecule has 1 aromatic heterocycles. The second-order valence-corrected chi connectivity index (χ2v) is 5.42. The van der Waals surface area contributed by atoms with Gasteiger partial charge >= 0.3 is 5.97 Å². The number of furan rings is 1. The molecule has 1 fully saturated rings. The second kappa shape index (κ2) is 5.57. The molecule has 0 aromatic carbocycles. The Morgan fingerprint density at radius 2 is 2.00 bits per heavy atom. The molecule has 4 nitrogen and oxygen atoms in total. The molecule has 0 amide bonds. The Bertz CT molecular complexity index is 400. The first-order chi connectivity index (χ1) is 8.54. The van der Waals surface area contributed by atoms with E-state index in [1.807, 2.05) is 0 Å². The van der Waals surface area contributed by atoms with Crippen LogP contribution in [0.25, 0.3) is 0 Å². The number of carbonyl (C=O) groups is 1. The number of hydrogen-bond donors (Lipinski definition) is 1. The molecule has 18 heavy (non-hydrogen) atoms. The largest absolute Gasteiger partial charge is 0.475 e. The van der Waals surface area contributed by atoms with E-state index in [0.29, 0.717) is 24.2 Å². The lowest BCUT2D eigenvalue weighted by Gasteiger charge is -2.31. The summed E-state index contributed by atoms with van der Waals surface area (Å²) < 4.78 is 11.0. The lowest BCUT2D eigenvalue weighted by atomic mass is 9.82. The molecule has 2 rings (SSSR count). The van der Waals surface area contributed by atoms with Crippen LogP contribution < -0.4 is 0 Å². The van der Waals surface area contributed by atoms with Gasteiger partial charge in [0.1, 0.15) is 12.4 Å². The second-order valence-electron chi connectivity index (χ2n) is 5.42. The highest BCUT2D eigenvalue weighted by molar-refractivity contribution is 5.84. The summed E-state index contributed by atoms with van der Waals surface area (Å²) in [5, 5.41) is 8.75. The monoisotopic (exact) mass is 252 g/mol. The third-order valence-corrected chi connectivity index (χ3v) is 3.47. The normalized spacial score (nSPS) is 28.2. The topological polar surface area (TPSA) is 59.7 Å². The molecule has 2 atom stereocenters. The van der Waals surface area contributed by atoms with E-state index in [2.05, 4.69) is 13.8 Å². The van der Waals surface area contributed by atoms with Crippen LogP contribution in [0.4, 0.5) is 0 Å². The van der Waals surface area contributed by atoms with Gasteiger partial charge in [-0.2, -0.15) is 0 Å². The first-order valence-corrected chi connectivity index (χ1v) is 6.48. The molecule has 1 aliphatic rings. The van der Waals surface area contributed by atoms with Crippen molar-refractivity contribution in [1.29, 1.82) is 0 Å². The summed E-state index contributed by atoms with van der Waals surface area (Å²) >= 11 is 0. The first-order valence-electron chi connectivity index (χ1n) is 6.48. The first kappa shape index (κ1) is 13.1. The van der Waals surface area contributed by atoms with Crippen molar-refractivity contribution in [2.75, 3.05) is 0 Å². The van der Waals surface area contributed by atoms with Crippen LogP contribution in [0.5, 0.6) is 0 Å². The number of carboxylic acid groups (broad SMARTS) is 1. The van der Waals surface area contributed by atoms with Gasteiger partial charge in [0.15, 0.2) is 0 Å². The van der Waals surface area contributed by atoms with Gasteiger partial charge in [-0.3, -0.25) is 0 Å². The number of hydrogen-bond acceptors (Lipinski definition) is 3. The summed E-state index contributed by atoms with van der Waals surface area (Å²) in [6.45, 7) is 4.86. The zero-order valence-corrected chi connectivity index (χ0v) is 10.9. The molecule has 0 bridgehead atoms. The van der Waals surface area contributed by atoms with Crippen molar-refractivity contribution in [2.45, 2.75) is 45.8 Å².